The van der Waals surface area contributed by atoms with Crippen LogP contribution in [0, 0.1) is 10.1 Å². The zero-order valence-corrected chi connectivity index (χ0v) is 15.5. The van der Waals surface area contributed by atoms with E-state index in [1.54, 1.807) is 19.1 Å². The number of furan rings is 1. The number of nitro groups is 1. The van der Waals surface area contributed by atoms with Crippen LogP contribution in [0.2, 0.25) is 0 Å². The molecule has 0 aliphatic carbocycles. The molecule has 0 fully saturated rings. The Balaban J connectivity index is 1.46. The predicted octanol–water partition coefficient (Wildman–Crippen LogP) is 2.39. The molecule has 10 heteroatoms. The molecule has 1 aliphatic rings. The molecule has 1 N–H and O–H groups in total. The number of carbonyl (C=O) groups is 2. The van der Waals surface area contributed by atoms with Crippen LogP contribution < -0.4 is 14.8 Å². The number of hydrogen-bond acceptors (Lipinski definition) is 8. The summed E-state index contributed by atoms with van der Waals surface area (Å²) in [5.41, 5.74) is 0.813. The van der Waals surface area contributed by atoms with Gasteiger partial charge in [-0.25, -0.2) is 4.79 Å². The zero-order chi connectivity index (χ0) is 20.8. The van der Waals surface area contributed by atoms with Gasteiger partial charge in [0, 0.05) is 6.08 Å². The smallest absolute Gasteiger partial charge is 0.433 e. The fourth-order valence-corrected chi connectivity index (χ4v) is 2.56. The Bertz CT molecular complexity index is 949. The SMILES string of the molecule is C[C@H](NC(=O)COC(=O)/C=C/c1ccc([N+](=O)[O-])o1)c1ccc2c(c1)OCCO2. The van der Waals surface area contributed by atoms with Gasteiger partial charge in [0.1, 0.15) is 23.9 Å². The number of fused-ring (bicyclic) bond motifs is 1. The van der Waals surface area contributed by atoms with Gasteiger partial charge in [0.05, 0.1) is 12.1 Å². The lowest BCUT2D eigenvalue weighted by molar-refractivity contribution is -0.402. The Labute approximate surface area is 165 Å². The van der Waals surface area contributed by atoms with Crippen LogP contribution in [0.4, 0.5) is 5.88 Å². The minimum atomic E-state index is -0.786. The number of ether oxygens (including phenoxy) is 3. The molecule has 29 heavy (non-hydrogen) atoms. The van der Waals surface area contributed by atoms with Gasteiger partial charge in [-0.05, 0) is 36.8 Å². The fourth-order valence-electron chi connectivity index (χ4n) is 2.56. The second-order valence-electron chi connectivity index (χ2n) is 6.07. The van der Waals surface area contributed by atoms with Crippen LogP contribution in [0.25, 0.3) is 6.08 Å². The van der Waals surface area contributed by atoms with Crippen LogP contribution in [0.1, 0.15) is 24.3 Å². The number of rotatable bonds is 7. The average Bonchev–Trinajstić information content (AvgIpc) is 3.20. The molecule has 0 unspecified atom stereocenters. The van der Waals surface area contributed by atoms with Crippen LogP contribution in [0.3, 0.4) is 0 Å². The van der Waals surface area contributed by atoms with Crippen LogP contribution in [0.15, 0.2) is 40.8 Å². The monoisotopic (exact) mass is 402 g/mol. The first-order valence-electron chi connectivity index (χ1n) is 8.70. The first-order valence-corrected chi connectivity index (χ1v) is 8.70. The van der Waals surface area contributed by atoms with E-state index < -0.39 is 29.3 Å². The molecule has 1 amide bonds. The Morgan fingerprint density at radius 2 is 2.00 bits per heavy atom. The summed E-state index contributed by atoms with van der Waals surface area (Å²) in [5, 5.41) is 13.2. The Kier molecular flexibility index (Phi) is 6.12. The summed E-state index contributed by atoms with van der Waals surface area (Å²) in [6.07, 6.45) is 2.23. The van der Waals surface area contributed by atoms with Gasteiger partial charge in [0.15, 0.2) is 18.1 Å². The Morgan fingerprint density at radius 3 is 2.72 bits per heavy atom. The van der Waals surface area contributed by atoms with Crippen molar-refractivity contribution >= 4 is 23.8 Å². The van der Waals surface area contributed by atoms with Crippen molar-refractivity contribution in [2.45, 2.75) is 13.0 Å². The molecule has 2 heterocycles. The Morgan fingerprint density at radius 1 is 1.24 bits per heavy atom. The molecule has 0 radical (unpaired) electrons. The molecular weight excluding hydrogens is 384 g/mol. The van der Waals surface area contributed by atoms with Crippen molar-refractivity contribution < 1.29 is 33.1 Å². The summed E-state index contributed by atoms with van der Waals surface area (Å²) in [4.78, 5) is 33.5. The molecule has 0 spiro atoms. The molecule has 10 nitrogen and oxygen atoms in total. The summed E-state index contributed by atoms with van der Waals surface area (Å²) in [6, 6.07) is 7.54. The van der Waals surface area contributed by atoms with Gasteiger partial charge in [0.2, 0.25) is 0 Å². The Hall–Kier alpha value is -3.82. The van der Waals surface area contributed by atoms with E-state index in [2.05, 4.69) is 5.32 Å². The quantitative estimate of drug-likeness (QED) is 0.323. The third kappa shape index (κ3) is 5.34. The lowest BCUT2D eigenvalue weighted by Crippen LogP contribution is -2.31. The third-order valence-electron chi connectivity index (χ3n) is 3.97. The van der Waals surface area contributed by atoms with Crippen molar-refractivity contribution in [3.05, 3.63) is 57.8 Å². The van der Waals surface area contributed by atoms with Crippen molar-refractivity contribution in [2.24, 2.45) is 0 Å². The van der Waals surface area contributed by atoms with Crippen molar-refractivity contribution in [1.29, 1.82) is 0 Å². The highest BCUT2D eigenvalue weighted by Gasteiger charge is 2.16. The van der Waals surface area contributed by atoms with Gasteiger partial charge < -0.3 is 23.9 Å². The zero-order valence-electron chi connectivity index (χ0n) is 15.5. The highest BCUT2D eigenvalue weighted by atomic mass is 16.6. The van der Waals surface area contributed by atoms with E-state index in [0.717, 1.165) is 17.7 Å². The van der Waals surface area contributed by atoms with Gasteiger partial charge in [-0.1, -0.05) is 6.07 Å². The number of nitrogens with one attached hydrogen (secondary N) is 1. The fraction of sp³-hybridized carbons (Fsp3) is 0.263. The lowest BCUT2D eigenvalue weighted by atomic mass is 10.1. The summed E-state index contributed by atoms with van der Waals surface area (Å²) in [6.45, 7) is 2.27. The molecule has 152 valence electrons. The maximum absolute atomic E-state index is 12.0. The number of benzene rings is 1. The summed E-state index contributed by atoms with van der Waals surface area (Å²) >= 11 is 0. The number of esters is 1. The molecule has 1 aliphatic heterocycles. The van der Waals surface area contributed by atoms with Gasteiger partial charge in [-0.2, -0.15) is 0 Å². The molecule has 0 saturated heterocycles. The van der Waals surface area contributed by atoms with Gasteiger partial charge in [0.25, 0.3) is 5.91 Å². The van der Waals surface area contributed by atoms with Gasteiger partial charge >= 0.3 is 11.9 Å². The number of amides is 1. The normalized spacial score (nSPS) is 13.7. The summed E-state index contributed by atoms with van der Waals surface area (Å²) in [5.74, 6) is -0.324. The minimum absolute atomic E-state index is 0.116. The van der Waals surface area contributed by atoms with Crippen molar-refractivity contribution in [1.82, 2.24) is 5.32 Å². The first kappa shape index (κ1) is 19.9. The minimum Gasteiger partial charge on any atom is -0.486 e. The van der Waals surface area contributed by atoms with E-state index in [0.29, 0.717) is 24.7 Å². The largest absolute Gasteiger partial charge is 0.486 e. The molecule has 1 atom stereocenters. The number of carbonyl (C=O) groups excluding carboxylic acids is 2. The highest BCUT2D eigenvalue weighted by Crippen LogP contribution is 2.32. The summed E-state index contributed by atoms with van der Waals surface area (Å²) in [7, 11) is 0. The maximum Gasteiger partial charge on any atom is 0.433 e. The highest BCUT2D eigenvalue weighted by molar-refractivity contribution is 5.89. The molecule has 0 bridgehead atoms. The molecule has 1 aromatic carbocycles. The standard InChI is InChI=1S/C19H18N2O8/c1-12(13-2-5-15-16(10-13)27-9-8-26-15)20-17(22)11-28-19(23)7-4-14-3-6-18(29-14)21(24)25/h2-7,10,12H,8-9,11H2,1H3,(H,20,22)/b7-4+/t12-/m0/s1. The van der Waals surface area contributed by atoms with Gasteiger partial charge in [-0.3, -0.25) is 14.9 Å². The summed E-state index contributed by atoms with van der Waals surface area (Å²) < 4.78 is 20.7. The first-order chi connectivity index (χ1) is 13.9. The van der Waals surface area contributed by atoms with Crippen molar-refractivity contribution in [3.63, 3.8) is 0 Å². The second-order valence-corrected chi connectivity index (χ2v) is 6.07. The molecule has 0 saturated carbocycles. The topological polar surface area (TPSA) is 130 Å². The van der Waals surface area contributed by atoms with Crippen LogP contribution in [-0.4, -0.2) is 36.6 Å². The van der Waals surface area contributed by atoms with E-state index in [9.17, 15) is 19.7 Å². The van der Waals surface area contributed by atoms with Crippen LogP contribution in [-0.2, 0) is 14.3 Å². The van der Waals surface area contributed by atoms with E-state index >= 15 is 0 Å². The van der Waals surface area contributed by atoms with E-state index in [1.807, 2.05) is 6.07 Å². The number of hydrogen-bond donors (Lipinski definition) is 1. The van der Waals surface area contributed by atoms with E-state index in [4.69, 9.17) is 18.6 Å². The van der Waals surface area contributed by atoms with Crippen molar-refractivity contribution in [2.75, 3.05) is 19.8 Å². The second kappa shape index (κ2) is 8.91. The predicted molar refractivity (Wildman–Crippen MR) is 99.3 cm³/mol. The third-order valence-corrected chi connectivity index (χ3v) is 3.97. The van der Waals surface area contributed by atoms with Gasteiger partial charge in [-0.15, -0.1) is 0 Å². The lowest BCUT2D eigenvalue weighted by Gasteiger charge is -2.21. The number of nitrogens with zero attached hydrogens (tertiary/aromatic N) is 1. The van der Waals surface area contributed by atoms with E-state index in [1.165, 1.54) is 12.1 Å². The average molecular weight is 402 g/mol. The molecule has 1 aromatic heterocycles. The molecular formula is C19H18N2O8. The maximum atomic E-state index is 12.0. The molecule has 3 rings (SSSR count). The van der Waals surface area contributed by atoms with Crippen molar-refractivity contribution in [3.8, 4) is 11.5 Å². The van der Waals surface area contributed by atoms with E-state index in [-0.39, 0.29) is 11.8 Å². The van der Waals surface area contributed by atoms with Crippen LogP contribution in [0.5, 0.6) is 11.5 Å². The molecule has 2 aromatic rings. The van der Waals surface area contributed by atoms with Crippen LogP contribution >= 0.6 is 0 Å².